The Morgan fingerprint density at radius 3 is 2.94 bits per heavy atom. The van der Waals surface area contributed by atoms with Gasteiger partial charge < -0.3 is 14.5 Å². The molecule has 2 rings (SSSR count). The van der Waals surface area contributed by atoms with Crippen LogP contribution in [0.25, 0.3) is 0 Å². The molecule has 1 saturated heterocycles. The van der Waals surface area contributed by atoms with Gasteiger partial charge in [-0.3, -0.25) is 0 Å². The van der Waals surface area contributed by atoms with E-state index in [0.29, 0.717) is 5.82 Å². The maximum atomic E-state index is 11.8. The SMILES string of the molecule is CCCC(C)c1cc(N2C(=O)N(C)CC2O)no1. The van der Waals surface area contributed by atoms with E-state index >= 15 is 0 Å². The molecule has 18 heavy (non-hydrogen) atoms. The number of likely N-dealkylation sites (N-methyl/N-ethyl adjacent to an activating group) is 1. The minimum Gasteiger partial charge on any atom is -0.371 e. The molecule has 100 valence electrons. The monoisotopic (exact) mass is 253 g/mol. The zero-order valence-electron chi connectivity index (χ0n) is 11.0. The van der Waals surface area contributed by atoms with Gasteiger partial charge in [0.25, 0.3) is 0 Å². The number of carbonyl (C=O) groups is 1. The quantitative estimate of drug-likeness (QED) is 0.887. The Kier molecular flexibility index (Phi) is 3.56. The van der Waals surface area contributed by atoms with Crippen LogP contribution in [0.3, 0.4) is 0 Å². The zero-order chi connectivity index (χ0) is 13.3. The molecule has 0 radical (unpaired) electrons. The van der Waals surface area contributed by atoms with Crippen molar-refractivity contribution in [1.29, 1.82) is 0 Å². The molecule has 0 aromatic carbocycles. The maximum absolute atomic E-state index is 11.8. The van der Waals surface area contributed by atoms with Crippen molar-refractivity contribution >= 4 is 11.8 Å². The van der Waals surface area contributed by atoms with Crippen molar-refractivity contribution in [3.8, 4) is 0 Å². The highest BCUT2D eigenvalue weighted by molar-refractivity contribution is 5.93. The van der Waals surface area contributed by atoms with Gasteiger partial charge in [0, 0.05) is 19.0 Å². The Bertz CT molecular complexity index is 432. The van der Waals surface area contributed by atoms with E-state index in [4.69, 9.17) is 4.52 Å². The summed E-state index contributed by atoms with van der Waals surface area (Å²) < 4.78 is 5.25. The van der Waals surface area contributed by atoms with E-state index in [1.54, 1.807) is 13.1 Å². The first-order valence-electron chi connectivity index (χ1n) is 6.23. The molecule has 2 unspecified atom stereocenters. The molecule has 6 heteroatoms. The van der Waals surface area contributed by atoms with Gasteiger partial charge in [-0.1, -0.05) is 25.4 Å². The average Bonchev–Trinajstić information content (AvgIpc) is 2.86. The number of hydrogen-bond acceptors (Lipinski definition) is 4. The molecule has 1 aromatic rings. The Morgan fingerprint density at radius 1 is 1.67 bits per heavy atom. The lowest BCUT2D eigenvalue weighted by Crippen LogP contribution is -2.34. The number of carbonyl (C=O) groups excluding carboxylic acids is 1. The summed E-state index contributed by atoms with van der Waals surface area (Å²) in [6, 6.07) is 1.48. The van der Waals surface area contributed by atoms with E-state index in [1.807, 2.05) is 0 Å². The molecule has 6 nitrogen and oxygen atoms in total. The van der Waals surface area contributed by atoms with Crippen LogP contribution in [0.4, 0.5) is 10.6 Å². The summed E-state index contributed by atoms with van der Waals surface area (Å²) in [7, 11) is 1.65. The lowest BCUT2D eigenvalue weighted by atomic mass is 10.0. The zero-order valence-corrected chi connectivity index (χ0v) is 11.0. The minimum atomic E-state index is -0.859. The third-order valence-electron chi connectivity index (χ3n) is 3.24. The number of amides is 2. The largest absolute Gasteiger partial charge is 0.371 e. The normalized spacial score (nSPS) is 21.8. The van der Waals surface area contributed by atoms with E-state index in [1.165, 1.54) is 9.80 Å². The first-order chi connectivity index (χ1) is 8.54. The molecule has 0 bridgehead atoms. The summed E-state index contributed by atoms with van der Waals surface area (Å²) in [6.45, 7) is 4.45. The highest BCUT2D eigenvalue weighted by Crippen LogP contribution is 2.27. The third kappa shape index (κ3) is 2.20. The maximum Gasteiger partial charge on any atom is 0.327 e. The van der Waals surface area contributed by atoms with Crippen molar-refractivity contribution in [2.75, 3.05) is 18.5 Å². The molecule has 1 aromatic heterocycles. The van der Waals surface area contributed by atoms with E-state index < -0.39 is 6.23 Å². The number of nitrogens with zero attached hydrogens (tertiary/aromatic N) is 3. The summed E-state index contributed by atoms with van der Waals surface area (Å²) in [5, 5.41) is 13.7. The third-order valence-corrected chi connectivity index (χ3v) is 3.24. The number of aliphatic hydroxyl groups is 1. The fraction of sp³-hybridized carbons (Fsp3) is 0.667. The lowest BCUT2D eigenvalue weighted by molar-refractivity contribution is 0.182. The van der Waals surface area contributed by atoms with E-state index in [0.717, 1.165) is 18.6 Å². The molecule has 2 amide bonds. The van der Waals surface area contributed by atoms with Gasteiger partial charge in [-0.05, 0) is 6.42 Å². The summed E-state index contributed by atoms with van der Waals surface area (Å²) in [4.78, 5) is 14.5. The molecule has 1 aliphatic rings. The molecular weight excluding hydrogens is 234 g/mol. The van der Waals surface area contributed by atoms with Crippen molar-refractivity contribution in [2.24, 2.45) is 0 Å². The van der Waals surface area contributed by atoms with Gasteiger partial charge in [0.2, 0.25) is 0 Å². The summed E-state index contributed by atoms with van der Waals surface area (Å²) >= 11 is 0. The molecule has 0 saturated carbocycles. The Morgan fingerprint density at radius 2 is 2.39 bits per heavy atom. The summed E-state index contributed by atoms with van der Waals surface area (Å²) in [5.74, 6) is 1.40. The van der Waals surface area contributed by atoms with Crippen molar-refractivity contribution in [3.05, 3.63) is 11.8 Å². The molecule has 0 spiro atoms. The number of aromatic nitrogens is 1. The molecule has 2 heterocycles. The van der Waals surface area contributed by atoms with E-state index in [9.17, 15) is 9.90 Å². The second-order valence-electron chi connectivity index (χ2n) is 4.79. The lowest BCUT2D eigenvalue weighted by Gasteiger charge is -2.14. The van der Waals surface area contributed by atoms with Crippen LogP contribution in [0.5, 0.6) is 0 Å². The van der Waals surface area contributed by atoms with Gasteiger partial charge in [-0.15, -0.1) is 0 Å². The van der Waals surface area contributed by atoms with Crippen LogP contribution in [0.15, 0.2) is 10.6 Å². The Balaban J connectivity index is 2.17. The molecule has 0 aliphatic carbocycles. The molecule has 1 N–H and O–H groups in total. The number of aliphatic hydroxyl groups excluding tert-OH is 1. The van der Waals surface area contributed by atoms with Gasteiger partial charge in [-0.2, -0.15) is 0 Å². The van der Waals surface area contributed by atoms with Crippen LogP contribution in [-0.2, 0) is 0 Å². The second-order valence-corrected chi connectivity index (χ2v) is 4.79. The van der Waals surface area contributed by atoms with Crippen LogP contribution in [0, 0.1) is 0 Å². The van der Waals surface area contributed by atoms with Gasteiger partial charge in [0.05, 0.1) is 6.54 Å². The topological polar surface area (TPSA) is 69.8 Å². The van der Waals surface area contributed by atoms with Gasteiger partial charge in [0.15, 0.2) is 12.0 Å². The number of β-amino-alcohol motifs (C(OH)–C–C–N with tert-alkyl or cyclic N) is 1. The van der Waals surface area contributed by atoms with Gasteiger partial charge in [0.1, 0.15) is 5.76 Å². The fourth-order valence-corrected chi connectivity index (χ4v) is 2.17. The highest BCUT2D eigenvalue weighted by atomic mass is 16.5. The summed E-state index contributed by atoms with van der Waals surface area (Å²) in [5.41, 5.74) is 0. The van der Waals surface area contributed by atoms with Crippen molar-refractivity contribution < 1.29 is 14.4 Å². The molecular formula is C12H19N3O3. The predicted octanol–water partition coefficient (Wildman–Crippen LogP) is 1.77. The fourth-order valence-electron chi connectivity index (χ4n) is 2.17. The van der Waals surface area contributed by atoms with Crippen molar-refractivity contribution in [1.82, 2.24) is 10.1 Å². The predicted molar refractivity (Wildman–Crippen MR) is 66.3 cm³/mol. The highest BCUT2D eigenvalue weighted by Gasteiger charge is 2.36. The Hall–Kier alpha value is -1.56. The van der Waals surface area contributed by atoms with Crippen LogP contribution in [0.2, 0.25) is 0 Å². The molecule has 2 atom stereocenters. The molecule has 1 fully saturated rings. The smallest absolute Gasteiger partial charge is 0.327 e. The van der Waals surface area contributed by atoms with Crippen LogP contribution < -0.4 is 4.90 Å². The van der Waals surface area contributed by atoms with Crippen molar-refractivity contribution in [3.63, 3.8) is 0 Å². The second kappa shape index (κ2) is 4.97. The number of urea groups is 1. The van der Waals surface area contributed by atoms with Gasteiger partial charge in [-0.25, -0.2) is 9.69 Å². The van der Waals surface area contributed by atoms with Crippen molar-refractivity contribution in [2.45, 2.75) is 38.8 Å². The number of hydrogen-bond donors (Lipinski definition) is 1. The Labute approximate surface area is 106 Å². The van der Waals surface area contributed by atoms with Crippen LogP contribution in [-0.4, -0.2) is 41.0 Å². The first kappa shape index (κ1) is 12.9. The average molecular weight is 253 g/mol. The van der Waals surface area contributed by atoms with E-state index in [2.05, 4.69) is 19.0 Å². The summed E-state index contributed by atoms with van der Waals surface area (Å²) in [6.07, 6.45) is 1.21. The van der Waals surface area contributed by atoms with Crippen LogP contribution in [0.1, 0.15) is 38.4 Å². The van der Waals surface area contributed by atoms with E-state index in [-0.39, 0.29) is 18.5 Å². The number of anilines is 1. The standard InChI is InChI=1S/C12H19N3O3/c1-4-5-8(2)9-6-10(13-18-9)15-11(16)7-14(3)12(15)17/h6,8,11,16H,4-5,7H2,1-3H3. The van der Waals surface area contributed by atoms with Crippen LogP contribution >= 0.6 is 0 Å². The minimum absolute atomic E-state index is 0.259. The molecule has 1 aliphatic heterocycles. The first-order valence-corrected chi connectivity index (χ1v) is 6.23. The number of rotatable bonds is 4. The van der Waals surface area contributed by atoms with Gasteiger partial charge >= 0.3 is 6.03 Å².